The summed E-state index contributed by atoms with van der Waals surface area (Å²) in [4.78, 5) is 12.3. The van der Waals surface area contributed by atoms with E-state index < -0.39 is 60.7 Å². The minimum atomic E-state index is -4.96. The molecule has 0 amide bonds. The Kier molecular flexibility index (Phi) is 9.28. The Morgan fingerprint density at radius 2 is 1.48 bits per heavy atom. The van der Waals surface area contributed by atoms with Gasteiger partial charge >= 0.3 is 13.7 Å². The third kappa shape index (κ3) is 6.91. The number of esters is 1. The maximum absolute atomic E-state index is 14.1. The average Bonchev–Trinajstić information content (AvgIpc) is 2.75. The van der Waals surface area contributed by atoms with Gasteiger partial charge in [-0.2, -0.15) is 13.9 Å². The molecule has 2 aromatic rings. The van der Waals surface area contributed by atoms with Gasteiger partial charge in [-0.3, -0.25) is 4.79 Å². The molecule has 0 fully saturated rings. The molecule has 2 rings (SSSR count). The van der Waals surface area contributed by atoms with Gasteiger partial charge in [-0.1, -0.05) is 29.3 Å². The average molecular weight is 560 g/mol. The van der Waals surface area contributed by atoms with Crippen LogP contribution >= 0.6 is 23.7 Å². The summed E-state index contributed by atoms with van der Waals surface area (Å²) in [5.41, 5.74) is 0. The largest absolute Gasteiger partial charge is 0.513 e. The molecular weight excluding hydrogens is 540 g/mol. The van der Waals surface area contributed by atoms with Crippen LogP contribution in [0.4, 0.5) is 22.0 Å². The van der Waals surface area contributed by atoms with E-state index in [4.69, 9.17) is 13.8 Å². The Balaban J connectivity index is 2.41. The third-order valence-electron chi connectivity index (χ3n) is 4.14. The predicted molar refractivity (Wildman–Crippen MR) is 112 cm³/mol. The lowest BCUT2D eigenvalue weighted by molar-refractivity contribution is -0.150. The standard InChI is InChI=1S/C20H20BrF5NO5P/c1-4-5-10(2)30-20(28)11(3)27-33(29,31-13-8-6-12(21)7-9-13)32-19-17(25)15(23)14(22)16(24)18(19)26/h6-11H,4-5H2,1-3H3,(H,27,29)/t10-,11-,33-/m0/s1. The van der Waals surface area contributed by atoms with E-state index in [2.05, 4.69) is 21.0 Å². The topological polar surface area (TPSA) is 73.9 Å². The molecule has 0 saturated heterocycles. The SMILES string of the molecule is CCC[C@H](C)OC(=O)[C@H](C)N[P@](=O)(Oc1ccc(Br)cc1)Oc1c(F)c(F)c(F)c(F)c1F. The van der Waals surface area contributed by atoms with Crippen molar-refractivity contribution < 1.29 is 45.1 Å². The van der Waals surface area contributed by atoms with Crippen molar-refractivity contribution in [3.05, 3.63) is 57.8 Å². The second kappa shape index (κ2) is 11.3. The fourth-order valence-electron chi connectivity index (χ4n) is 2.55. The van der Waals surface area contributed by atoms with Gasteiger partial charge in [-0.05, 0) is 44.5 Å². The van der Waals surface area contributed by atoms with E-state index >= 15 is 0 Å². The predicted octanol–water partition coefficient (Wildman–Crippen LogP) is 6.42. The number of rotatable bonds is 10. The number of hydrogen-bond acceptors (Lipinski definition) is 5. The Bertz CT molecular complexity index is 1030. The zero-order valence-corrected chi connectivity index (χ0v) is 20.1. The molecule has 1 N–H and O–H groups in total. The molecule has 0 heterocycles. The summed E-state index contributed by atoms with van der Waals surface area (Å²) in [5.74, 6) is -14.6. The zero-order chi connectivity index (χ0) is 24.9. The number of nitrogens with one attached hydrogen (secondary N) is 1. The quantitative estimate of drug-likeness (QED) is 0.119. The molecule has 0 aromatic heterocycles. The number of carbonyl (C=O) groups excluding carboxylic acids is 1. The van der Waals surface area contributed by atoms with Crippen molar-refractivity contribution in [1.82, 2.24) is 5.09 Å². The first-order chi connectivity index (χ1) is 15.4. The summed E-state index contributed by atoms with van der Waals surface area (Å²) in [6.45, 7) is 4.68. The van der Waals surface area contributed by atoms with Crippen molar-refractivity contribution in [3.8, 4) is 11.5 Å². The smallest absolute Gasteiger partial charge is 0.462 e. The first-order valence-corrected chi connectivity index (χ1v) is 12.0. The van der Waals surface area contributed by atoms with Gasteiger partial charge in [0.05, 0.1) is 6.10 Å². The maximum atomic E-state index is 14.1. The highest BCUT2D eigenvalue weighted by Gasteiger charge is 2.38. The van der Waals surface area contributed by atoms with Crippen LogP contribution in [0.2, 0.25) is 0 Å². The summed E-state index contributed by atoms with van der Waals surface area (Å²) in [6, 6.07) is 4.08. The molecule has 0 aliphatic carbocycles. The van der Waals surface area contributed by atoms with Crippen molar-refractivity contribution in [2.75, 3.05) is 0 Å². The Hall–Kier alpha value is -2.17. The van der Waals surface area contributed by atoms with Gasteiger partial charge < -0.3 is 13.8 Å². The number of ether oxygens (including phenoxy) is 1. The lowest BCUT2D eigenvalue weighted by Crippen LogP contribution is -2.37. The highest BCUT2D eigenvalue weighted by molar-refractivity contribution is 9.10. The number of benzene rings is 2. The van der Waals surface area contributed by atoms with Gasteiger partial charge in [0.2, 0.25) is 34.8 Å². The first kappa shape index (κ1) is 27.1. The van der Waals surface area contributed by atoms with Crippen LogP contribution in [0.25, 0.3) is 0 Å². The highest BCUT2D eigenvalue weighted by atomic mass is 79.9. The number of hydrogen-bond donors (Lipinski definition) is 1. The Labute approximate surface area is 195 Å². The van der Waals surface area contributed by atoms with Gasteiger partial charge in [-0.15, -0.1) is 0 Å². The Morgan fingerprint density at radius 3 is 2.00 bits per heavy atom. The molecule has 33 heavy (non-hydrogen) atoms. The van der Waals surface area contributed by atoms with E-state index in [1.807, 2.05) is 6.92 Å². The Morgan fingerprint density at radius 1 is 0.970 bits per heavy atom. The second-order valence-electron chi connectivity index (χ2n) is 6.92. The molecule has 6 nitrogen and oxygen atoms in total. The molecule has 0 radical (unpaired) electrons. The molecule has 0 aliphatic rings. The van der Waals surface area contributed by atoms with E-state index in [1.54, 1.807) is 6.92 Å². The minimum Gasteiger partial charge on any atom is -0.462 e. The zero-order valence-electron chi connectivity index (χ0n) is 17.6. The van der Waals surface area contributed by atoms with Gasteiger partial charge in [0.1, 0.15) is 11.8 Å². The highest BCUT2D eigenvalue weighted by Crippen LogP contribution is 2.47. The molecule has 0 aliphatic heterocycles. The molecule has 3 atom stereocenters. The van der Waals surface area contributed by atoms with E-state index in [1.165, 1.54) is 31.2 Å². The van der Waals surface area contributed by atoms with Crippen molar-refractivity contribution in [2.24, 2.45) is 0 Å². The normalized spacial score (nSPS) is 14.8. The summed E-state index contributed by atoms with van der Waals surface area (Å²) in [7, 11) is -4.96. The fraction of sp³-hybridized carbons (Fsp3) is 0.350. The molecule has 182 valence electrons. The molecule has 0 spiro atoms. The number of halogens is 6. The van der Waals surface area contributed by atoms with Crippen molar-refractivity contribution in [2.45, 2.75) is 45.8 Å². The van der Waals surface area contributed by atoms with E-state index in [-0.39, 0.29) is 5.75 Å². The summed E-state index contributed by atoms with van der Waals surface area (Å²) >= 11 is 3.16. The van der Waals surface area contributed by atoms with Crippen molar-refractivity contribution in [1.29, 1.82) is 0 Å². The van der Waals surface area contributed by atoms with Gasteiger partial charge in [0, 0.05) is 4.47 Å². The van der Waals surface area contributed by atoms with Crippen molar-refractivity contribution in [3.63, 3.8) is 0 Å². The van der Waals surface area contributed by atoms with Crippen LogP contribution in [-0.2, 0) is 14.1 Å². The molecule has 0 saturated carbocycles. The molecule has 0 unspecified atom stereocenters. The summed E-state index contributed by atoms with van der Waals surface area (Å²) in [6.07, 6.45) is 0.756. The lowest BCUT2D eigenvalue weighted by atomic mass is 10.2. The van der Waals surface area contributed by atoms with Crippen LogP contribution in [0.15, 0.2) is 28.7 Å². The minimum absolute atomic E-state index is 0.155. The van der Waals surface area contributed by atoms with E-state index in [0.29, 0.717) is 17.3 Å². The third-order valence-corrected chi connectivity index (χ3v) is 6.24. The fourth-order valence-corrected chi connectivity index (χ4v) is 4.33. The first-order valence-electron chi connectivity index (χ1n) is 9.63. The summed E-state index contributed by atoms with van der Waals surface area (Å²) < 4.78 is 97.7. The maximum Gasteiger partial charge on any atom is 0.513 e. The lowest BCUT2D eigenvalue weighted by Gasteiger charge is -2.24. The van der Waals surface area contributed by atoms with E-state index in [9.17, 15) is 31.3 Å². The van der Waals surface area contributed by atoms with Crippen LogP contribution < -0.4 is 14.1 Å². The van der Waals surface area contributed by atoms with E-state index in [0.717, 1.165) is 0 Å². The van der Waals surface area contributed by atoms with Crippen LogP contribution in [0.3, 0.4) is 0 Å². The van der Waals surface area contributed by atoms with Crippen LogP contribution in [0.5, 0.6) is 11.5 Å². The summed E-state index contributed by atoms with van der Waals surface area (Å²) in [5, 5.41) is 2.11. The molecule has 0 bridgehead atoms. The molecule has 13 heteroatoms. The van der Waals surface area contributed by atoms with Crippen LogP contribution in [-0.4, -0.2) is 18.1 Å². The molecular formula is C20H20BrF5NO5P. The van der Waals surface area contributed by atoms with Gasteiger partial charge in [0.15, 0.2) is 0 Å². The van der Waals surface area contributed by atoms with Crippen LogP contribution in [0.1, 0.15) is 33.6 Å². The molecule has 2 aromatic carbocycles. The number of carbonyl (C=O) groups is 1. The second-order valence-corrected chi connectivity index (χ2v) is 9.45. The van der Waals surface area contributed by atoms with Crippen molar-refractivity contribution >= 4 is 29.6 Å². The van der Waals surface area contributed by atoms with Crippen LogP contribution in [0, 0.1) is 29.1 Å². The van der Waals surface area contributed by atoms with Gasteiger partial charge in [-0.25, -0.2) is 17.7 Å². The monoisotopic (exact) mass is 559 g/mol. The van der Waals surface area contributed by atoms with Gasteiger partial charge in [0.25, 0.3) is 0 Å².